The molecule has 2 rings (SSSR count). The number of aryl methyl sites for hydroxylation is 2. The van der Waals surface area contributed by atoms with E-state index in [0.29, 0.717) is 17.0 Å². The van der Waals surface area contributed by atoms with E-state index in [2.05, 4.69) is 5.16 Å². The second-order valence-electron chi connectivity index (χ2n) is 4.42. The van der Waals surface area contributed by atoms with Crippen molar-refractivity contribution in [1.82, 2.24) is 5.16 Å². The smallest absolute Gasteiger partial charge is 0.345 e. The Bertz CT molecular complexity index is 661. The van der Waals surface area contributed by atoms with Gasteiger partial charge in [-0.2, -0.15) is 0 Å². The summed E-state index contributed by atoms with van der Waals surface area (Å²) >= 11 is 0. The van der Waals surface area contributed by atoms with Gasteiger partial charge in [0.2, 0.25) is 5.88 Å². The number of esters is 1. The van der Waals surface area contributed by atoms with E-state index in [1.54, 1.807) is 7.11 Å². The SMILES string of the molecule is COC(=O)c1c(-c2c(C)cc(C)cc2OC)noc1N. The normalized spacial score (nSPS) is 10.4. The average molecular weight is 276 g/mol. The van der Waals surface area contributed by atoms with Crippen LogP contribution in [0.5, 0.6) is 5.75 Å². The third-order valence-corrected chi connectivity index (χ3v) is 3.01. The van der Waals surface area contributed by atoms with Crippen LogP contribution < -0.4 is 10.5 Å². The third kappa shape index (κ3) is 2.20. The van der Waals surface area contributed by atoms with E-state index < -0.39 is 5.97 Å². The van der Waals surface area contributed by atoms with Crippen LogP contribution in [-0.2, 0) is 4.74 Å². The lowest BCUT2D eigenvalue weighted by atomic mass is 9.99. The molecule has 0 aliphatic carbocycles. The molecule has 2 aromatic rings. The standard InChI is InChI=1S/C14H16N2O4/c1-7-5-8(2)10(9(6-7)18-3)12-11(14(17)19-4)13(15)20-16-12/h5-6H,15H2,1-4H3. The summed E-state index contributed by atoms with van der Waals surface area (Å²) in [6, 6.07) is 3.82. The number of methoxy groups -OCH3 is 2. The molecule has 20 heavy (non-hydrogen) atoms. The zero-order valence-electron chi connectivity index (χ0n) is 11.8. The van der Waals surface area contributed by atoms with Gasteiger partial charge < -0.3 is 19.7 Å². The monoisotopic (exact) mass is 276 g/mol. The number of aromatic nitrogens is 1. The first-order chi connectivity index (χ1) is 9.49. The number of nitrogens with zero attached hydrogens (tertiary/aromatic N) is 1. The van der Waals surface area contributed by atoms with Gasteiger partial charge in [0.05, 0.1) is 14.2 Å². The molecule has 0 spiro atoms. The predicted octanol–water partition coefficient (Wildman–Crippen LogP) is 2.34. The molecular weight excluding hydrogens is 260 g/mol. The molecule has 0 aliphatic heterocycles. The van der Waals surface area contributed by atoms with Crippen molar-refractivity contribution in [1.29, 1.82) is 0 Å². The zero-order chi connectivity index (χ0) is 14.9. The minimum atomic E-state index is -0.597. The van der Waals surface area contributed by atoms with E-state index in [0.717, 1.165) is 11.1 Å². The Morgan fingerprint density at radius 1 is 1.30 bits per heavy atom. The topological polar surface area (TPSA) is 87.6 Å². The van der Waals surface area contributed by atoms with Gasteiger partial charge in [-0.3, -0.25) is 0 Å². The second kappa shape index (κ2) is 5.24. The number of ether oxygens (including phenoxy) is 2. The molecule has 0 aliphatic rings. The van der Waals surface area contributed by atoms with Crippen molar-refractivity contribution in [2.45, 2.75) is 13.8 Å². The summed E-state index contributed by atoms with van der Waals surface area (Å²) in [5.41, 5.74) is 8.70. The number of nitrogen functional groups attached to an aromatic ring is 1. The molecule has 0 unspecified atom stereocenters. The maximum Gasteiger partial charge on any atom is 0.345 e. The van der Waals surface area contributed by atoms with Crippen LogP contribution in [0.1, 0.15) is 21.5 Å². The van der Waals surface area contributed by atoms with E-state index in [1.807, 2.05) is 26.0 Å². The van der Waals surface area contributed by atoms with Crippen molar-refractivity contribution in [3.63, 3.8) is 0 Å². The van der Waals surface area contributed by atoms with Crippen LogP contribution in [0.25, 0.3) is 11.3 Å². The van der Waals surface area contributed by atoms with Crippen LogP contribution in [0.15, 0.2) is 16.7 Å². The number of carbonyl (C=O) groups excluding carboxylic acids is 1. The molecule has 6 heteroatoms. The van der Waals surface area contributed by atoms with Gasteiger partial charge in [-0.15, -0.1) is 0 Å². The van der Waals surface area contributed by atoms with Crippen molar-refractivity contribution in [2.24, 2.45) is 0 Å². The fraction of sp³-hybridized carbons (Fsp3) is 0.286. The number of rotatable bonds is 3. The Morgan fingerprint density at radius 3 is 2.60 bits per heavy atom. The van der Waals surface area contributed by atoms with Crippen LogP contribution in [0.3, 0.4) is 0 Å². The Hall–Kier alpha value is -2.50. The summed E-state index contributed by atoms with van der Waals surface area (Å²) in [7, 11) is 2.83. The lowest BCUT2D eigenvalue weighted by molar-refractivity contribution is 0.0602. The fourth-order valence-corrected chi connectivity index (χ4v) is 2.17. The zero-order valence-corrected chi connectivity index (χ0v) is 11.8. The van der Waals surface area contributed by atoms with Crippen LogP contribution in [0.4, 0.5) is 5.88 Å². The van der Waals surface area contributed by atoms with E-state index in [9.17, 15) is 4.79 Å². The first-order valence-corrected chi connectivity index (χ1v) is 5.98. The first-order valence-electron chi connectivity index (χ1n) is 5.98. The Kier molecular flexibility index (Phi) is 3.65. The molecule has 1 aromatic carbocycles. The molecular formula is C14H16N2O4. The maximum atomic E-state index is 11.8. The molecule has 1 heterocycles. The highest BCUT2D eigenvalue weighted by molar-refractivity contribution is 6.01. The summed E-state index contributed by atoms with van der Waals surface area (Å²) in [4.78, 5) is 11.8. The lowest BCUT2D eigenvalue weighted by Gasteiger charge is -2.11. The highest BCUT2D eigenvalue weighted by Gasteiger charge is 2.26. The highest BCUT2D eigenvalue weighted by Crippen LogP contribution is 2.37. The second-order valence-corrected chi connectivity index (χ2v) is 4.42. The number of carbonyl (C=O) groups is 1. The highest BCUT2D eigenvalue weighted by atomic mass is 16.5. The molecule has 0 saturated carbocycles. The largest absolute Gasteiger partial charge is 0.496 e. The molecule has 0 fully saturated rings. The van der Waals surface area contributed by atoms with E-state index >= 15 is 0 Å². The van der Waals surface area contributed by atoms with Crippen molar-refractivity contribution >= 4 is 11.9 Å². The van der Waals surface area contributed by atoms with E-state index in [-0.39, 0.29) is 11.4 Å². The van der Waals surface area contributed by atoms with Crippen molar-refractivity contribution < 1.29 is 18.8 Å². The molecule has 0 saturated heterocycles. The van der Waals surface area contributed by atoms with E-state index in [4.69, 9.17) is 19.7 Å². The summed E-state index contributed by atoms with van der Waals surface area (Å²) in [6.45, 7) is 3.86. The lowest BCUT2D eigenvalue weighted by Crippen LogP contribution is -2.06. The van der Waals surface area contributed by atoms with Crippen LogP contribution in [0, 0.1) is 13.8 Å². The summed E-state index contributed by atoms with van der Waals surface area (Å²) in [5, 5.41) is 3.87. The molecule has 106 valence electrons. The summed E-state index contributed by atoms with van der Waals surface area (Å²) in [6.07, 6.45) is 0. The Morgan fingerprint density at radius 2 is 2.00 bits per heavy atom. The number of anilines is 1. The van der Waals surface area contributed by atoms with Gasteiger partial charge in [0.25, 0.3) is 0 Å². The predicted molar refractivity (Wildman–Crippen MR) is 73.7 cm³/mol. The number of hydrogen-bond donors (Lipinski definition) is 1. The van der Waals surface area contributed by atoms with Gasteiger partial charge in [-0.25, -0.2) is 4.79 Å². The first kappa shape index (κ1) is 13.9. The van der Waals surface area contributed by atoms with Gasteiger partial charge >= 0.3 is 5.97 Å². The van der Waals surface area contributed by atoms with Gasteiger partial charge in [-0.1, -0.05) is 11.2 Å². The van der Waals surface area contributed by atoms with Crippen LogP contribution in [0.2, 0.25) is 0 Å². The van der Waals surface area contributed by atoms with Crippen molar-refractivity contribution in [2.75, 3.05) is 20.0 Å². The minimum Gasteiger partial charge on any atom is -0.496 e. The maximum absolute atomic E-state index is 11.8. The van der Waals surface area contributed by atoms with E-state index in [1.165, 1.54) is 7.11 Å². The molecule has 6 nitrogen and oxygen atoms in total. The Balaban J connectivity index is 2.72. The molecule has 2 N–H and O–H groups in total. The van der Waals surface area contributed by atoms with Gasteiger partial charge in [0, 0.05) is 5.56 Å². The number of hydrogen-bond acceptors (Lipinski definition) is 6. The molecule has 0 amide bonds. The molecule has 0 radical (unpaired) electrons. The number of nitrogens with two attached hydrogens (primary N) is 1. The van der Waals surface area contributed by atoms with Gasteiger partial charge in [0.1, 0.15) is 11.4 Å². The molecule has 1 aromatic heterocycles. The molecule has 0 atom stereocenters. The van der Waals surface area contributed by atoms with Crippen molar-refractivity contribution in [3.05, 3.63) is 28.8 Å². The fourth-order valence-electron chi connectivity index (χ4n) is 2.17. The average Bonchev–Trinajstić information content (AvgIpc) is 2.78. The van der Waals surface area contributed by atoms with Crippen LogP contribution >= 0.6 is 0 Å². The van der Waals surface area contributed by atoms with Crippen LogP contribution in [-0.4, -0.2) is 25.3 Å². The summed E-state index contributed by atoms with van der Waals surface area (Å²) in [5.74, 6) is -0.0735. The quantitative estimate of drug-likeness (QED) is 0.866. The number of benzene rings is 1. The molecule has 0 bridgehead atoms. The van der Waals surface area contributed by atoms with Gasteiger partial charge in [-0.05, 0) is 31.0 Å². The van der Waals surface area contributed by atoms with Crippen molar-refractivity contribution in [3.8, 4) is 17.0 Å². The third-order valence-electron chi connectivity index (χ3n) is 3.01. The Labute approximate surface area is 116 Å². The minimum absolute atomic E-state index is 0.0751. The van der Waals surface area contributed by atoms with Gasteiger partial charge in [0.15, 0.2) is 5.56 Å². The summed E-state index contributed by atoms with van der Waals surface area (Å²) < 4.78 is 15.0.